The molecule has 1 fully saturated rings. The summed E-state index contributed by atoms with van der Waals surface area (Å²) in [5, 5.41) is 7.47. The maximum atomic E-state index is 11.5. The van der Waals surface area contributed by atoms with Gasteiger partial charge >= 0.3 is 0 Å². The van der Waals surface area contributed by atoms with E-state index in [1.54, 1.807) is 0 Å². The van der Waals surface area contributed by atoms with Crippen LogP contribution in [-0.2, 0) is 4.79 Å². The molecule has 0 atom stereocenters. The van der Waals surface area contributed by atoms with Gasteiger partial charge in [0.25, 0.3) is 0 Å². The van der Waals surface area contributed by atoms with Crippen LogP contribution in [0.5, 0.6) is 0 Å². The predicted molar refractivity (Wildman–Crippen MR) is 55.4 cm³/mol. The van der Waals surface area contributed by atoms with Crippen LogP contribution in [-0.4, -0.2) is 11.1 Å². The molecule has 3 rings (SSSR count). The molecule has 1 heterocycles. The van der Waals surface area contributed by atoms with E-state index in [0.29, 0.717) is 11.4 Å². The van der Waals surface area contributed by atoms with Crippen molar-refractivity contribution in [2.45, 2.75) is 12.8 Å². The molecule has 1 aromatic heterocycles. The fourth-order valence-electron chi connectivity index (χ4n) is 1.54. The summed E-state index contributed by atoms with van der Waals surface area (Å²) >= 11 is 0. The minimum atomic E-state index is 0.0500. The van der Waals surface area contributed by atoms with Gasteiger partial charge in [-0.05, 0) is 25.0 Å². The van der Waals surface area contributed by atoms with E-state index in [2.05, 4.69) is 10.5 Å². The van der Waals surface area contributed by atoms with Gasteiger partial charge in [0.05, 0.1) is 5.39 Å². The third-order valence-electron chi connectivity index (χ3n) is 2.57. The van der Waals surface area contributed by atoms with Crippen molar-refractivity contribution in [2.75, 3.05) is 5.32 Å². The molecule has 2 aromatic rings. The Morgan fingerprint density at radius 3 is 3.00 bits per heavy atom. The zero-order valence-corrected chi connectivity index (χ0v) is 8.06. The Morgan fingerprint density at radius 1 is 1.40 bits per heavy atom. The van der Waals surface area contributed by atoms with Crippen molar-refractivity contribution in [3.05, 3.63) is 24.3 Å². The van der Waals surface area contributed by atoms with Crippen molar-refractivity contribution in [3.63, 3.8) is 0 Å². The number of rotatable bonds is 2. The summed E-state index contributed by atoms with van der Waals surface area (Å²) in [5.74, 6) is 0.761. The molecule has 1 amide bonds. The number of nitrogens with one attached hydrogen (secondary N) is 1. The predicted octanol–water partition coefficient (Wildman–Crippen LogP) is 2.18. The highest BCUT2D eigenvalue weighted by atomic mass is 16.5. The fraction of sp³-hybridized carbons (Fsp3) is 0.273. The summed E-state index contributed by atoms with van der Waals surface area (Å²) in [6.07, 6.45) is 1.98. The van der Waals surface area contributed by atoms with E-state index in [4.69, 9.17) is 4.52 Å². The van der Waals surface area contributed by atoms with Gasteiger partial charge in [0, 0.05) is 5.92 Å². The second kappa shape index (κ2) is 3.08. The lowest BCUT2D eigenvalue weighted by molar-refractivity contribution is -0.117. The monoisotopic (exact) mass is 202 g/mol. The number of anilines is 1. The first kappa shape index (κ1) is 8.47. The average Bonchev–Trinajstić information content (AvgIpc) is 3.03. The summed E-state index contributed by atoms with van der Waals surface area (Å²) in [6.45, 7) is 0. The van der Waals surface area contributed by atoms with E-state index in [1.807, 2.05) is 24.3 Å². The van der Waals surface area contributed by atoms with E-state index >= 15 is 0 Å². The number of aromatic nitrogens is 1. The minimum absolute atomic E-state index is 0.0500. The Kier molecular flexibility index (Phi) is 1.74. The van der Waals surface area contributed by atoms with Crippen LogP contribution in [0.4, 0.5) is 5.82 Å². The molecule has 0 spiro atoms. The van der Waals surface area contributed by atoms with E-state index in [0.717, 1.165) is 18.2 Å². The standard InChI is InChI=1S/C11H10N2O2/c14-11(7-5-6-7)12-10-8-3-1-2-4-9(8)15-13-10/h1-4,7H,5-6H2,(H,12,13,14). The highest BCUT2D eigenvalue weighted by Crippen LogP contribution is 2.31. The van der Waals surface area contributed by atoms with Crippen LogP contribution < -0.4 is 5.32 Å². The molecule has 1 aromatic carbocycles. The maximum absolute atomic E-state index is 11.5. The topological polar surface area (TPSA) is 55.1 Å². The highest BCUT2D eigenvalue weighted by Gasteiger charge is 2.30. The van der Waals surface area contributed by atoms with Crippen LogP contribution in [0.15, 0.2) is 28.8 Å². The van der Waals surface area contributed by atoms with Crippen LogP contribution in [0.3, 0.4) is 0 Å². The Hall–Kier alpha value is -1.84. The lowest BCUT2D eigenvalue weighted by Crippen LogP contribution is -2.13. The summed E-state index contributed by atoms with van der Waals surface area (Å²) in [7, 11) is 0. The molecular weight excluding hydrogens is 192 g/mol. The number of para-hydroxylation sites is 1. The van der Waals surface area contributed by atoms with Crippen LogP contribution in [0, 0.1) is 5.92 Å². The van der Waals surface area contributed by atoms with Gasteiger partial charge in [-0.1, -0.05) is 17.3 Å². The second-order valence-electron chi connectivity index (χ2n) is 3.79. The summed E-state index contributed by atoms with van der Waals surface area (Å²) in [4.78, 5) is 11.5. The fourth-order valence-corrected chi connectivity index (χ4v) is 1.54. The van der Waals surface area contributed by atoms with Gasteiger partial charge in [-0.25, -0.2) is 0 Å². The van der Waals surface area contributed by atoms with Gasteiger partial charge in [-0.2, -0.15) is 0 Å². The normalized spacial score (nSPS) is 15.5. The van der Waals surface area contributed by atoms with Crippen molar-refractivity contribution in [3.8, 4) is 0 Å². The summed E-state index contributed by atoms with van der Waals surface area (Å²) in [5.41, 5.74) is 0.698. The van der Waals surface area contributed by atoms with Crippen molar-refractivity contribution >= 4 is 22.7 Å². The molecule has 4 heteroatoms. The number of hydrogen-bond donors (Lipinski definition) is 1. The molecule has 1 N–H and O–H groups in total. The molecule has 0 bridgehead atoms. The van der Waals surface area contributed by atoms with Crippen LogP contribution in [0.1, 0.15) is 12.8 Å². The number of fused-ring (bicyclic) bond motifs is 1. The van der Waals surface area contributed by atoms with Gasteiger partial charge in [0.1, 0.15) is 0 Å². The Labute approximate surface area is 86.2 Å². The number of amides is 1. The molecule has 1 saturated carbocycles. The lowest BCUT2D eigenvalue weighted by atomic mass is 10.2. The molecule has 1 aliphatic carbocycles. The van der Waals surface area contributed by atoms with Crippen molar-refractivity contribution in [1.82, 2.24) is 5.16 Å². The van der Waals surface area contributed by atoms with Crippen LogP contribution in [0.2, 0.25) is 0 Å². The Morgan fingerprint density at radius 2 is 2.20 bits per heavy atom. The third kappa shape index (κ3) is 1.48. The van der Waals surface area contributed by atoms with E-state index in [9.17, 15) is 4.79 Å². The van der Waals surface area contributed by atoms with E-state index < -0.39 is 0 Å². The SMILES string of the molecule is O=C(Nc1noc2ccccc12)C1CC1. The molecule has 76 valence electrons. The first-order valence-corrected chi connectivity index (χ1v) is 5.00. The largest absolute Gasteiger partial charge is 0.354 e. The van der Waals surface area contributed by atoms with Crippen molar-refractivity contribution in [2.24, 2.45) is 5.92 Å². The van der Waals surface area contributed by atoms with Crippen molar-refractivity contribution in [1.29, 1.82) is 0 Å². The molecule has 1 aliphatic rings. The van der Waals surface area contributed by atoms with Gasteiger partial charge in [-0.3, -0.25) is 4.79 Å². The van der Waals surface area contributed by atoms with E-state index in [1.165, 1.54) is 0 Å². The highest BCUT2D eigenvalue weighted by molar-refractivity contribution is 6.00. The van der Waals surface area contributed by atoms with E-state index in [-0.39, 0.29) is 11.8 Å². The van der Waals surface area contributed by atoms with Crippen LogP contribution in [0.25, 0.3) is 11.0 Å². The number of hydrogen-bond acceptors (Lipinski definition) is 3. The summed E-state index contributed by atoms with van der Waals surface area (Å²) < 4.78 is 5.09. The zero-order chi connectivity index (χ0) is 10.3. The number of benzene rings is 1. The molecule has 4 nitrogen and oxygen atoms in total. The number of carbonyl (C=O) groups is 1. The average molecular weight is 202 g/mol. The smallest absolute Gasteiger partial charge is 0.228 e. The Balaban J connectivity index is 1.93. The third-order valence-corrected chi connectivity index (χ3v) is 2.57. The number of carbonyl (C=O) groups excluding carboxylic acids is 1. The van der Waals surface area contributed by atoms with Crippen molar-refractivity contribution < 1.29 is 9.32 Å². The zero-order valence-electron chi connectivity index (χ0n) is 8.06. The molecular formula is C11H10N2O2. The van der Waals surface area contributed by atoms with Gasteiger partial charge in [0.15, 0.2) is 11.4 Å². The first-order valence-electron chi connectivity index (χ1n) is 5.00. The maximum Gasteiger partial charge on any atom is 0.228 e. The molecule has 0 aliphatic heterocycles. The lowest BCUT2D eigenvalue weighted by Gasteiger charge is -1.98. The summed E-state index contributed by atoms with van der Waals surface area (Å²) in [6, 6.07) is 7.48. The molecule has 15 heavy (non-hydrogen) atoms. The van der Waals surface area contributed by atoms with Gasteiger partial charge < -0.3 is 9.84 Å². The van der Waals surface area contributed by atoms with Crippen LogP contribution >= 0.6 is 0 Å². The second-order valence-corrected chi connectivity index (χ2v) is 3.79. The molecule has 0 saturated heterocycles. The first-order chi connectivity index (χ1) is 7.34. The quantitative estimate of drug-likeness (QED) is 0.811. The Bertz CT molecular complexity index is 514. The van der Waals surface area contributed by atoms with Gasteiger partial charge in [-0.15, -0.1) is 0 Å². The minimum Gasteiger partial charge on any atom is -0.354 e. The molecule has 0 unspecified atom stereocenters. The molecule has 0 radical (unpaired) electrons. The van der Waals surface area contributed by atoms with Gasteiger partial charge in [0.2, 0.25) is 5.91 Å². The number of nitrogens with zero attached hydrogens (tertiary/aromatic N) is 1.